The van der Waals surface area contributed by atoms with E-state index < -0.39 is 0 Å². The summed E-state index contributed by atoms with van der Waals surface area (Å²) < 4.78 is 7.37. The first-order valence-electron chi connectivity index (χ1n) is 9.23. The Hall–Kier alpha value is -3.44. The topological polar surface area (TPSA) is 52.8 Å². The Kier molecular flexibility index (Phi) is 4.37. The van der Waals surface area contributed by atoms with Gasteiger partial charge in [-0.2, -0.15) is 0 Å². The van der Waals surface area contributed by atoms with E-state index in [1.807, 2.05) is 72.8 Å². The molecule has 5 aromatic rings. The molecule has 5 rings (SSSR count). The van der Waals surface area contributed by atoms with Crippen LogP contribution in [0.3, 0.4) is 0 Å². The molecular formula is C23H17ClN4O. The molecule has 0 spiro atoms. The Morgan fingerprint density at radius 1 is 0.828 bits per heavy atom. The van der Waals surface area contributed by atoms with Gasteiger partial charge in [-0.1, -0.05) is 35.9 Å². The smallest absolute Gasteiger partial charge is 0.198 e. The number of methoxy groups -OCH3 is 1. The second-order valence-corrected chi connectivity index (χ2v) is 7.17. The van der Waals surface area contributed by atoms with Crippen LogP contribution in [0.4, 0.5) is 0 Å². The van der Waals surface area contributed by atoms with Gasteiger partial charge in [0.2, 0.25) is 0 Å². The molecule has 5 nitrogen and oxygen atoms in total. The first-order chi connectivity index (χ1) is 14.2. The predicted molar refractivity (Wildman–Crippen MR) is 115 cm³/mol. The van der Waals surface area contributed by atoms with Gasteiger partial charge < -0.3 is 9.30 Å². The Labute approximate surface area is 172 Å². The quantitative estimate of drug-likeness (QED) is 0.407. The minimum absolute atomic E-state index is 0.617. The number of rotatable bonds is 4. The lowest BCUT2D eigenvalue weighted by molar-refractivity contribution is 0.414. The van der Waals surface area contributed by atoms with Gasteiger partial charge in [0, 0.05) is 10.6 Å². The molecule has 0 aliphatic carbocycles. The molecule has 0 amide bonds. The van der Waals surface area contributed by atoms with Crippen LogP contribution in [0.5, 0.6) is 5.75 Å². The minimum atomic E-state index is 0.617. The molecule has 3 aromatic carbocycles. The number of imidazole rings is 1. The zero-order valence-electron chi connectivity index (χ0n) is 15.7. The van der Waals surface area contributed by atoms with Crippen LogP contribution in [0, 0.1) is 0 Å². The highest BCUT2D eigenvalue weighted by molar-refractivity contribution is 6.30. The molecule has 29 heavy (non-hydrogen) atoms. The van der Waals surface area contributed by atoms with Crippen molar-refractivity contribution >= 4 is 33.9 Å². The van der Waals surface area contributed by atoms with E-state index in [1.54, 1.807) is 7.11 Å². The SMILES string of the molecule is COc1ccc(Cn2c(-c3ccc(Cl)cc3)nc3nc4ccccc4nc32)cc1. The number of hydrogen-bond donors (Lipinski definition) is 0. The summed E-state index contributed by atoms with van der Waals surface area (Å²) in [5.74, 6) is 1.63. The molecule has 0 aliphatic rings. The van der Waals surface area contributed by atoms with Crippen molar-refractivity contribution in [3.63, 3.8) is 0 Å². The summed E-state index contributed by atoms with van der Waals surface area (Å²) in [6.07, 6.45) is 0. The fourth-order valence-electron chi connectivity index (χ4n) is 3.38. The van der Waals surface area contributed by atoms with Gasteiger partial charge in [-0.25, -0.2) is 15.0 Å². The van der Waals surface area contributed by atoms with Gasteiger partial charge in [0.15, 0.2) is 11.3 Å². The molecule has 142 valence electrons. The number of halogens is 1. The Morgan fingerprint density at radius 2 is 1.52 bits per heavy atom. The van der Waals surface area contributed by atoms with Crippen LogP contribution in [-0.4, -0.2) is 26.6 Å². The lowest BCUT2D eigenvalue weighted by Crippen LogP contribution is -2.03. The molecule has 0 N–H and O–H groups in total. The van der Waals surface area contributed by atoms with E-state index in [-0.39, 0.29) is 0 Å². The van der Waals surface area contributed by atoms with Gasteiger partial charge >= 0.3 is 0 Å². The van der Waals surface area contributed by atoms with Crippen LogP contribution in [0.1, 0.15) is 5.56 Å². The Morgan fingerprint density at radius 3 is 2.21 bits per heavy atom. The lowest BCUT2D eigenvalue weighted by atomic mass is 10.2. The standard InChI is InChI=1S/C23H17ClN4O/c1-29-18-12-6-15(7-13-18)14-28-22(16-8-10-17(24)11-9-16)27-21-23(28)26-20-5-3-2-4-19(20)25-21/h2-13H,14H2,1H3. The van der Waals surface area contributed by atoms with Crippen molar-refractivity contribution in [3.8, 4) is 17.1 Å². The maximum absolute atomic E-state index is 6.08. The van der Waals surface area contributed by atoms with Crippen LogP contribution < -0.4 is 4.74 Å². The van der Waals surface area contributed by atoms with Crippen molar-refractivity contribution in [3.05, 3.63) is 83.4 Å². The van der Waals surface area contributed by atoms with Crippen molar-refractivity contribution in [2.75, 3.05) is 7.11 Å². The van der Waals surface area contributed by atoms with E-state index in [0.29, 0.717) is 17.2 Å². The fourth-order valence-corrected chi connectivity index (χ4v) is 3.51. The number of nitrogens with zero attached hydrogens (tertiary/aromatic N) is 4. The van der Waals surface area contributed by atoms with Crippen LogP contribution in [-0.2, 0) is 6.54 Å². The first-order valence-corrected chi connectivity index (χ1v) is 9.61. The predicted octanol–water partition coefficient (Wildman–Crippen LogP) is 5.36. The highest BCUT2D eigenvalue weighted by Crippen LogP contribution is 2.27. The third kappa shape index (κ3) is 3.30. The Bertz CT molecular complexity index is 1310. The summed E-state index contributed by atoms with van der Waals surface area (Å²) >= 11 is 6.08. The number of fused-ring (bicyclic) bond motifs is 2. The molecule has 0 aliphatic heterocycles. The summed E-state index contributed by atoms with van der Waals surface area (Å²) in [5.41, 5.74) is 5.14. The summed E-state index contributed by atoms with van der Waals surface area (Å²) in [6, 6.07) is 23.5. The van der Waals surface area contributed by atoms with Gasteiger partial charge in [-0.05, 0) is 54.1 Å². The number of para-hydroxylation sites is 2. The van der Waals surface area contributed by atoms with Gasteiger partial charge in [-0.15, -0.1) is 0 Å². The third-order valence-electron chi connectivity index (χ3n) is 4.86. The van der Waals surface area contributed by atoms with Crippen LogP contribution in [0.15, 0.2) is 72.8 Å². The van der Waals surface area contributed by atoms with Crippen molar-refractivity contribution in [1.29, 1.82) is 0 Å². The molecule has 0 radical (unpaired) electrons. The lowest BCUT2D eigenvalue weighted by Gasteiger charge is -2.10. The van der Waals surface area contributed by atoms with E-state index in [4.69, 9.17) is 31.3 Å². The summed E-state index contributed by atoms with van der Waals surface area (Å²) in [5, 5.41) is 0.688. The Balaban J connectivity index is 1.71. The van der Waals surface area contributed by atoms with Crippen molar-refractivity contribution in [2.24, 2.45) is 0 Å². The molecule has 6 heteroatoms. The molecule has 0 saturated carbocycles. The van der Waals surface area contributed by atoms with Crippen molar-refractivity contribution in [2.45, 2.75) is 6.54 Å². The summed E-state index contributed by atoms with van der Waals surface area (Å²) in [4.78, 5) is 14.4. The number of aromatic nitrogens is 4. The van der Waals surface area contributed by atoms with Crippen LogP contribution in [0.25, 0.3) is 33.7 Å². The zero-order valence-corrected chi connectivity index (χ0v) is 16.5. The van der Waals surface area contributed by atoms with Gasteiger partial charge in [0.05, 0.1) is 24.7 Å². The van der Waals surface area contributed by atoms with Gasteiger partial charge in [0.1, 0.15) is 11.6 Å². The van der Waals surface area contributed by atoms with Crippen LogP contribution in [0.2, 0.25) is 5.02 Å². The highest BCUT2D eigenvalue weighted by atomic mass is 35.5. The normalized spacial score (nSPS) is 11.2. The molecule has 0 saturated heterocycles. The number of benzene rings is 3. The van der Waals surface area contributed by atoms with Gasteiger partial charge in [-0.3, -0.25) is 0 Å². The monoisotopic (exact) mass is 400 g/mol. The van der Waals surface area contributed by atoms with Crippen LogP contribution >= 0.6 is 11.6 Å². The van der Waals surface area contributed by atoms with Crippen molar-refractivity contribution in [1.82, 2.24) is 19.5 Å². The molecule has 0 fully saturated rings. The average Bonchev–Trinajstić information content (AvgIpc) is 3.10. The van der Waals surface area contributed by atoms with E-state index in [0.717, 1.165) is 39.4 Å². The van der Waals surface area contributed by atoms with E-state index in [2.05, 4.69) is 4.57 Å². The molecule has 2 heterocycles. The molecular weight excluding hydrogens is 384 g/mol. The van der Waals surface area contributed by atoms with E-state index in [1.165, 1.54) is 0 Å². The second kappa shape index (κ2) is 7.18. The largest absolute Gasteiger partial charge is 0.497 e. The second-order valence-electron chi connectivity index (χ2n) is 6.74. The molecule has 0 unspecified atom stereocenters. The molecule has 2 aromatic heterocycles. The number of hydrogen-bond acceptors (Lipinski definition) is 4. The average molecular weight is 401 g/mol. The fraction of sp³-hybridized carbons (Fsp3) is 0.0870. The van der Waals surface area contributed by atoms with E-state index >= 15 is 0 Å². The minimum Gasteiger partial charge on any atom is -0.497 e. The van der Waals surface area contributed by atoms with Crippen molar-refractivity contribution < 1.29 is 4.74 Å². The molecule has 0 atom stereocenters. The molecule has 0 bridgehead atoms. The zero-order chi connectivity index (χ0) is 19.8. The number of ether oxygens (including phenoxy) is 1. The maximum atomic E-state index is 6.08. The summed E-state index contributed by atoms with van der Waals surface area (Å²) in [6.45, 7) is 0.617. The summed E-state index contributed by atoms with van der Waals surface area (Å²) in [7, 11) is 1.66. The highest BCUT2D eigenvalue weighted by Gasteiger charge is 2.16. The van der Waals surface area contributed by atoms with Gasteiger partial charge in [0.25, 0.3) is 0 Å². The van der Waals surface area contributed by atoms with E-state index in [9.17, 15) is 0 Å². The first kappa shape index (κ1) is 17.6. The third-order valence-corrected chi connectivity index (χ3v) is 5.11. The maximum Gasteiger partial charge on any atom is 0.198 e.